The Balaban J connectivity index is 1.73. The van der Waals surface area contributed by atoms with Crippen molar-refractivity contribution >= 4 is 17.3 Å². The van der Waals surface area contributed by atoms with E-state index in [1.165, 1.54) is 0 Å². The van der Waals surface area contributed by atoms with Crippen LogP contribution in [-0.2, 0) is 0 Å². The minimum Gasteiger partial charge on any atom is -0.459 e. The first kappa shape index (κ1) is 15.8. The highest BCUT2D eigenvalue weighted by atomic mass is 32.1. The standard InChI is InChI=1S/C20H19N3OS/c1-2-23-19(18(22-20(23)25)15-10-6-7-13-21-15)17-12-11-16(24-17)14-8-4-3-5-9-14/h3-13,18-19H,2H2,1H3,(H,22,25)/t18-,19-/m1/s1. The molecule has 1 aliphatic rings. The highest BCUT2D eigenvalue weighted by Crippen LogP contribution is 2.40. The van der Waals surface area contributed by atoms with Gasteiger partial charge in [-0.25, -0.2) is 0 Å². The molecule has 0 amide bonds. The van der Waals surface area contributed by atoms with Crippen LogP contribution in [0, 0.1) is 0 Å². The summed E-state index contributed by atoms with van der Waals surface area (Å²) in [6.07, 6.45) is 1.81. The van der Waals surface area contributed by atoms with Crippen molar-refractivity contribution in [3.8, 4) is 11.3 Å². The van der Waals surface area contributed by atoms with Gasteiger partial charge in [-0.15, -0.1) is 0 Å². The minimum absolute atomic E-state index is 0.00939. The topological polar surface area (TPSA) is 41.3 Å². The Morgan fingerprint density at radius 1 is 1.08 bits per heavy atom. The zero-order valence-electron chi connectivity index (χ0n) is 13.9. The van der Waals surface area contributed by atoms with Crippen molar-refractivity contribution in [3.05, 3.63) is 78.3 Å². The maximum absolute atomic E-state index is 6.22. The van der Waals surface area contributed by atoms with Gasteiger partial charge in [-0.1, -0.05) is 36.4 Å². The summed E-state index contributed by atoms with van der Waals surface area (Å²) in [7, 11) is 0. The van der Waals surface area contributed by atoms with Crippen LogP contribution in [0.25, 0.3) is 11.3 Å². The van der Waals surface area contributed by atoms with Crippen LogP contribution >= 0.6 is 12.2 Å². The fourth-order valence-electron chi connectivity index (χ4n) is 3.32. The molecule has 0 bridgehead atoms. The quantitative estimate of drug-likeness (QED) is 0.710. The lowest BCUT2D eigenvalue weighted by Gasteiger charge is -2.24. The molecular formula is C20H19N3OS. The number of likely N-dealkylation sites (N-methyl/N-ethyl adjacent to an activating group) is 1. The summed E-state index contributed by atoms with van der Waals surface area (Å²) in [5.74, 6) is 1.76. The van der Waals surface area contributed by atoms with Gasteiger partial charge in [-0.05, 0) is 43.4 Å². The van der Waals surface area contributed by atoms with Crippen LogP contribution in [0.1, 0.15) is 30.5 Å². The van der Waals surface area contributed by atoms with Gasteiger partial charge < -0.3 is 14.6 Å². The van der Waals surface area contributed by atoms with Crippen LogP contribution in [0.5, 0.6) is 0 Å². The molecule has 126 valence electrons. The predicted octanol–water partition coefficient (Wildman–Crippen LogP) is 4.33. The second-order valence-corrected chi connectivity index (χ2v) is 6.37. The number of furan rings is 1. The van der Waals surface area contributed by atoms with Crippen LogP contribution in [-0.4, -0.2) is 21.5 Å². The van der Waals surface area contributed by atoms with Gasteiger partial charge in [0, 0.05) is 18.3 Å². The fraction of sp³-hybridized carbons (Fsp3) is 0.200. The van der Waals surface area contributed by atoms with E-state index in [1.54, 1.807) is 0 Å². The molecule has 25 heavy (non-hydrogen) atoms. The van der Waals surface area contributed by atoms with Crippen LogP contribution in [0.4, 0.5) is 0 Å². The molecule has 1 fully saturated rings. The molecule has 0 radical (unpaired) electrons. The van der Waals surface area contributed by atoms with Gasteiger partial charge in [0.1, 0.15) is 17.6 Å². The molecule has 4 rings (SSSR count). The van der Waals surface area contributed by atoms with Gasteiger partial charge in [0.15, 0.2) is 5.11 Å². The molecule has 1 N–H and O–H groups in total. The van der Waals surface area contributed by atoms with Gasteiger partial charge in [0.2, 0.25) is 0 Å². The number of hydrogen-bond donors (Lipinski definition) is 1. The lowest BCUT2D eigenvalue weighted by Crippen LogP contribution is -2.29. The summed E-state index contributed by atoms with van der Waals surface area (Å²) in [5.41, 5.74) is 2.03. The highest BCUT2D eigenvalue weighted by Gasteiger charge is 2.40. The number of hydrogen-bond acceptors (Lipinski definition) is 3. The molecule has 4 nitrogen and oxygen atoms in total. The molecule has 2 atom stereocenters. The lowest BCUT2D eigenvalue weighted by molar-refractivity contribution is 0.284. The fourth-order valence-corrected chi connectivity index (χ4v) is 3.69. The molecule has 1 saturated heterocycles. The molecule has 3 aromatic rings. The van der Waals surface area contributed by atoms with Crippen molar-refractivity contribution in [1.29, 1.82) is 0 Å². The second kappa shape index (κ2) is 6.69. The monoisotopic (exact) mass is 349 g/mol. The Morgan fingerprint density at radius 2 is 1.88 bits per heavy atom. The van der Waals surface area contributed by atoms with E-state index < -0.39 is 0 Å². The van der Waals surface area contributed by atoms with Gasteiger partial charge in [-0.2, -0.15) is 0 Å². The van der Waals surface area contributed by atoms with Crippen molar-refractivity contribution in [2.24, 2.45) is 0 Å². The smallest absolute Gasteiger partial charge is 0.170 e. The van der Waals surface area contributed by atoms with E-state index in [-0.39, 0.29) is 12.1 Å². The predicted molar refractivity (Wildman–Crippen MR) is 102 cm³/mol. The number of nitrogens with zero attached hydrogens (tertiary/aromatic N) is 2. The molecule has 5 heteroatoms. The Bertz CT molecular complexity index is 863. The number of aromatic nitrogens is 1. The Kier molecular flexibility index (Phi) is 4.24. The molecule has 1 aliphatic heterocycles. The molecule has 3 heterocycles. The summed E-state index contributed by atoms with van der Waals surface area (Å²) in [5, 5.41) is 4.14. The summed E-state index contributed by atoms with van der Waals surface area (Å²) in [6.45, 7) is 2.91. The van der Waals surface area contributed by atoms with Crippen LogP contribution in [0.15, 0.2) is 71.3 Å². The van der Waals surface area contributed by atoms with Crippen molar-refractivity contribution < 1.29 is 4.42 Å². The van der Waals surface area contributed by atoms with Gasteiger partial charge in [0.05, 0.1) is 11.7 Å². The number of nitrogens with one attached hydrogen (secondary N) is 1. The number of thiocarbonyl (C=S) groups is 1. The van der Waals surface area contributed by atoms with Crippen molar-refractivity contribution in [2.75, 3.05) is 6.54 Å². The number of pyridine rings is 1. The molecule has 0 spiro atoms. The first-order valence-corrected chi connectivity index (χ1v) is 8.82. The maximum atomic E-state index is 6.22. The molecule has 2 aromatic heterocycles. The van der Waals surface area contributed by atoms with E-state index in [1.807, 2.05) is 66.9 Å². The molecule has 0 aliphatic carbocycles. The minimum atomic E-state index is -0.0246. The summed E-state index contributed by atoms with van der Waals surface area (Å²) in [6, 6.07) is 20.1. The van der Waals surface area contributed by atoms with Crippen LogP contribution in [0.3, 0.4) is 0 Å². The molecule has 1 aromatic carbocycles. The lowest BCUT2D eigenvalue weighted by atomic mass is 10.0. The third kappa shape index (κ3) is 2.91. The number of benzene rings is 1. The third-order valence-corrected chi connectivity index (χ3v) is 4.87. The Morgan fingerprint density at radius 3 is 2.60 bits per heavy atom. The Labute approximate surface area is 152 Å². The zero-order chi connectivity index (χ0) is 17.2. The largest absolute Gasteiger partial charge is 0.459 e. The third-order valence-electron chi connectivity index (χ3n) is 4.52. The van der Waals surface area contributed by atoms with E-state index in [9.17, 15) is 0 Å². The van der Waals surface area contributed by atoms with Crippen molar-refractivity contribution in [2.45, 2.75) is 19.0 Å². The molecule has 0 unspecified atom stereocenters. The average Bonchev–Trinajstić information content (AvgIpc) is 3.27. The average molecular weight is 349 g/mol. The maximum Gasteiger partial charge on any atom is 0.170 e. The Hall–Kier alpha value is -2.66. The summed E-state index contributed by atoms with van der Waals surface area (Å²) in [4.78, 5) is 6.67. The second-order valence-electron chi connectivity index (χ2n) is 5.98. The van der Waals surface area contributed by atoms with E-state index in [2.05, 4.69) is 22.1 Å². The van der Waals surface area contributed by atoms with E-state index in [4.69, 9.17) is 16.6 Å². The van der Waals surface area contributed by atoms with Gasteiger partial charge >= 0.3 is 0 Å². The van der Waals surface area contributed by atoms with Crippen LogP contribution < -0.4 is 5.32 Å². The van der Waals surface area contributed by atoms with Crippen molar-refractivity contribution in [1.82, 2.24) is 15.2 Å². The van der Waals surface area contributed by atoms with E-state index in [0.29, 0.717) is 0 Å². The molecule has 0 saturated carbocycles. The van der Waals surface area contributed by atoms with Gasteiger partial charge in [0.25, 0.3) is 0 Å². The molecular weight excluding hydrogens is 330 g/mol. The van der Waals surface area contributed by atoms with E-state index in [0.717, 1.165) is 34.4 Å². The first-order chi connectivity index (χ1) is 12.3. The first-order valence-electron chi connectivity index (χ1n) is 8.41. The zero-order valence-corrected chi connectivity index (χ0v) is 14.7. The van der Waals surface area contributed by atoms with E-state index >= 15 is 0 Å². The van der Waals surface area contributed by atoms with Crippen LogP contribution in [0.2, 0.25) is 0 Å². The normalized spacial score (nSPS) is 19.9. The van der Waals surface area contributed by atoms with Crippen molar-refractivity contribution in [3.63, 3.8) is 0 Å². The summed E-state index contributed by atoms with van der Waals surface area (Å²) < 4.78 is 6.22. The SMILES string of the molecule is CCN1C(=S)N[C@H](c2ccccn2)[C@H]1c1ccc(-c2ccccc2)o1. The highest BCUT2D eigenvalue weighted by molar-refractivity contribution is 7.80. The van der Waals surface area contributed by atoms with Gasteiger partial charge in [-0.3, -0.25) is 4.98 Å². The number of rotatable bonds is 4. The summed E-state index contributed by atoms with van der Waals surface area (Å²) >= 11 is 5.54.